The third kappa shape index (κ3) is 1.96. The Morgan fingerprint density at radius 1 is 1.00 bits per heavy atom. The third-order valence-electron chi connectivity index (χ3n) is 2.92. The first-order valence-corrected chi connectivity index (χ1v) is 6.04. The minimum Gasteiger partial charge on any atom is -0.273 e. The molecule has 4 nitrogen and oxygen atoms in total. The van der Waals surface area contributed by atoms with Crippen LogP contribution in [0, 0.1) is 0 Å². The van der Waals surface area contributed by atoms with E-state index in [1.165, 1.54) is 4.40 Å². The van der Waals surface area contributed by atoms with E-state index in [4.69, 9.17) is 11.6 Å². The molecule has 0 fully saturated rings. The van der Waals surface area contributed by atoms with Crippen LogP contribution in [0.4, 0.5) is 0 Å². The van der Waals surface area contributed by atoms with Crippen LogP contribution in [-0.4, -0.2) is 9.38 Å². The Balaban J connectivity index is 2.44. The second kappa shape index (κ2) is 4.40. The maximum Gasteiger partial charge on any atom is 0.332 e. The van der Waals surface area contributed by atoms with Gasteiger partial charge in [-0.05, 0) is 29.8 Å². The first kappa shape index (κ1) is 11.7. The number of halogens is 1. The summed E-state index contributed by atoms with van der Waals surface area (Å²) in [5, 5.41) is 0.595. The van der Waals surface area contributed by atoms with Crippen molar-refractivity contribution in [3.8, 4) is 11.1 Å². The van der Waals surface area contributed by atoms with E-state index in [1.807, 2.05) is 0 Å². The predicted octanol–water partition coefficient (Wildman–Crippen LogP) is 2.31. The minimum atomic E-state index is -0.446. The molecule has 19 heavy (non-hydrogen) atoms. The van der Waals surface area contributed by atoms with Crippen LogP contribution in [0.5, 0.6) is 0 Å². The van der Waals surface area contributed by atoms with E-state index in [9.17, 15) is 9.59 Å². The molecule has 1 N–H and O–H groups in total. The van der Waals surface area contributed by atoms with Crippen LogP contribution in [0.25, 0.3) is 16.6 Å². The lowest BCUT2D eigenvalue weighted by Gasteiger charge is -2.06. The normalized spacial score (nSPS) is 10.8. The number of aromatic amines is 1. The highest BCUT2D eigenvalue weighted by Crippen LogP contribution is 2.21. The van der Waals surface area contributed by atoms with Crippen molar-refractivity contribution >= 4 is 17.1 Å². The van der Waals surface area contributed by atoms with Gasteiger partial charge in [-0.1, -0.05) is 29.8 Å². The Labute approximate surface area is 112 Å². The number of fused-ring (bicyclic) bond motifs is 1. The molecule has 3 rings (SSSR count). The molecule has 94 valence electrons. The standard InChI is InChI=1S/C14H9ClN2O2/c15-10-6-4-9(5-7-10)12-11-3-1-2-8-17(11)14(19)16-13(12)18/h1-8H,(H,16,18,19). The number of nitrogens with zero attached hydrogens (tertiary/aromatic N) is 1. The maximum absolute atomic E-state index is 12.0. The molecule has 0 unspecified atom stereocenters. The number of rotatable bonds is 1. The van der Waals surface area contributed by atoms with Gasteiger partial charge in [0.1, 0.15) is 0 Å². The minimum absolute atomic E-state index is 0.404. The molecule has 0 atom stereocenters. The fraction of sp³-hybridized carbons (Fsp3) is 0. The van der Waals surface area contributed by atoms with Gasteiger partial charge in [-0.15, -0.1) is 0 Å². The van der Waals surface area contributed by atoms with Crippen molar-refractivity contribution in [2.75, 3.05) is 0 Å². The molecular formula is C14H9ClN2O2. The topological polar surface area (TPSA) is 54.3 Å². The van der Waals surface area contributed by atoms with Gasteiger partial charge in [0.2, 0.25) is 0 Å². The van der Waals surface area contributed by atoms with Crippen LogP contribution < -0.4 is 11.2 Å². The molecule has 1 aromatic carbocycles. The molecule has 5 heteroatoms. The lowest BCUT2D eigenvalue weighted by atomic mass is 10.1. The average Bonchev–Trinajstić information content (AvgIpc) is 2.41. The van der Waals surface area contributed by atoms with Gasteiger partial charge in [0.15, 0.2) is 0 Å². The molecule has 0 bridgehead atoms. The summed E-state index contributed by atoms with van der Waals surface area (Å²) in [6.45, 7) is 0. The quantitative estimate of drug-likeness (QED) is 0.739. The first-order chi connectivity index (χ1) is 9.16. The average molecular weight is 273 g/mol. The zero-order chi connectivity index (χ0) is 13.4. The Bertz CT molecular complexity index is 863. The Kier molecular flexibility index (Phi) is 2.72. The highest BCUT2D eigenvalue weighted by molar-refractivity contribution is 6.30. The number of hydrogen-bond donors (Lipinski definition) is 1. The van der Waals surface area contributed by atoms with Gasteiger partial charge >= 0.3 is 5.69 Å². The van der Waals surface area contributed by atoms with Crippen molar-refractivity contribution in [3.05, 3.63) is 74.5 Å². The summed E-state index contributed by atoms with van der Waals surface area (Å²) in [5.74, 6) is 0. The van der Waals surface area contributed by atoms with E-state index < -0.39 is 11.2 Å². The summed E-state index contributed by atoms with van der Waals surface area (Å²) in [5.41, 5.74) is 0.890. The largest absolute Gasteiger partial charge is 0.332 e. The summed E-state index contributed by atoms with van der Waals surface area (Å²) in [6, 6.07) is 12.2. The van der Waals surface area contributed by atoms with Crippen molar-refractivity contribution in [2.45, 2.75) is 0 Å². The summed E-state index contributed by atoms with van der Waals surface area (Å²) in [6.07, 6.45) is 1.62. The fourth-order valence-electron chi connectivity index (χ4n) is 2.06. The second-order valence-electron chi connectivity index (χ2n) is 4.10. The fourth-order valence-corrected chi connectivity index (χ4v) is 2.18. The first-order valence-electron chi connectivity index (χ1n) is 5.66. The lowest BCUT2D eigenvalue weighted by Crippen LogP contribution is -2.27. The van der Waals surface area contributed by atoms with Crippen molar-refractivity contribution in [1.82, 2.24) is 9.38 Å². The maximum atomic E-state index is 12.0. The van der Waals surface area contributed by atoms with Crippen LogP contribution in [-0.2, 0) is 0 Å². The van der Waals surface area contributed by atoms with Crippen LogP contribution in [0.2, 0.25) is 5.02 Å². The zero-order valence-electron chi connectivity index (χ0n) is 9.76. The van der Waals surface area contributed by atoms with Crippen LogP contribution in [0.3, 0.4) is 0 Å². The van der Waals surface area contributed by atoms with E-state index >= 15 is 0 Å². The van der Waals surface area contributed by atoms with Crippen LogP contribution >= 0.6 is 11.6 Å². The molecule has 0 aliphatic carbocycles. The number of H-pyrrole nitrogens is 1. The molecule has 0 aliphatic heterocycles. The molecule has 2 aromatic heterocycles. The SMILES string of the molecule is O=c1[nH]c(=O)n2ccccc2c1-c1ccc(Cl)cc1. The molecule has 0 radical (unpaired) electrons. The van der Waals surface area contributed by atoms with E-state index in [1.54, 1.807) is 48.7 Å². The molecular weight excluding hydrogens is 264 g/mol. The van der Waals surface area contributed by atoms with Gasteiger partial charge in [0, 0.05) is 11.2 Å². The lowest BCUT2D eigenvalue weighted by molar-refractivity contribution is 0.972. The van der Waals surface area contributed by atoms with Gasteiger partial charge in [0.25, 0.3) is 5.56 Å². The van der Waals surface area contributed by atoms with Crippen LogP contribution in [0.1, 0.15) is 0 Å². The summed E-state index contributed by atoms with van der Waals surface area (Å²) in [4.78, 5) is 26.1. The number of nitrogens with one attached hydrogen (secondary N) is 1. The number of benzene rings is 1. The molecule has 0 saturated heterocycles. The van der Waals surface area contributed by atoms with E-state index in [2.05, 4.69) is 4.98 Å². The smallest absolute Gasteiger partial charge is 0.273 e. The molecule has 0 saturated carbocycles. The Morgan fingerprint density at radius 3 is 2.47 bits per heavy atom. The molecule has 0 amide bonds. The van der Waals surface area contributed by atoms with Gasteiger partial charge in [-0.2, -0.15) is 0 Å². The van der Waals surface area contributed by atoms with Crippen LogP contribution in [0.15, 0.2) is 58.3 Å². The van der Waals surface area contributed by atoms with Gasteiger partial charge < -0.3 is 0 Å². The number of hydrogen-bond acceptors (Lipinski definition) is 2. The van der Waals surface area contributed by atoms with Gasteiger partial charge in [-0.3, -0.25) is 14.2 Å². The zero-order valence-corrected chi connectivity index (χ0v) is 10.5. The van der Waals surface area contributed by atoms with E-state index in [0.29, 0.717) is 21.7 Å². The number of aromatic nitrogens is 2. The molecule has 0 spiro atoms. The predicted molar refractivity (Wildman–Crippen MR) is 74.7 cm³/mol. The molecule has 2 heterocycles. The Hall–Kier alpha value is -2.33. The molecule has 3 aromatic rings. The van der Waals surface area contributed by atoms with Gasteiger partial charge in [-0.25, -0.2) is 4.79 Å². The van der Waals surface area contributed by atoms with Crippen molar-refractivity contribution in [3.63, 3.8) is 0 Å². The molecule has 0 aliphatic rings. The highest BCUT2D eigenvalue weighted by Gasteiger charge is 2.10. The van der Waals surface area contributed by atoms with E-state index in [0.717, 1.165) is 0 Å². The summed E-state index contributed by atoms with van der Waals surface area (Å²) < 4.78 is 1.41. The van der Waals surface area contributed by atoms with E-state index in [-0.39, 0.29) is 0 Å². The summed E-state index contributed by atoms with van der Waals surface area (Å²) in [7, 11) is 0. The van der Waals surface area contributed by atoms with Crippen molar-refractivity contribution in [2.24, 2.45) is 0 Å². The number of pyridine rings is 1. The monoisotopic (exact) mass is 272 g/mol. The van der Waals surface area contributed by atoms with Crippen molar-refractivity contribution in [1.29, 1.82) is 0 Å². The second-order valence-corrected chi connectivity index (χ2v) is 4.53. The highest BCUT2D eigenvalue weighted by atomic mass is 35.5. The Morgan fingerprint density at radius 2 is 1.74 bits per heavy atom. The summed E-state index contributed by atoms with van der Waals surface area (Å²) >= 11 is 5.84. The van der Waals surface area contributed by atoms with Crippen molar-refractivity contribution < 1.29 is 0 Å². The van der Waals surface area contributed by atoms with Gasteiger partial charge in [0.05, 0.1) is 11.1 Å². The third-order valence-corrected chi connectivity index (χ3v) is 3.17.